The van der Waals surface area contributed by atoms with Gasteiger partial charge < -0.3 is 15.2 Å². The third-order valence-corrected chi connectivity index (χ3v) is 3.80. The van der Waals surface area contributed by atoms with Crippen LogP contribution in [-0.4, -0.2) is 24.7 Å². The molecule has 1 unspecified atom stereocenters. The molecule has 4 nitrogen and oxygen atoms in total. The summed E-state index contributed by atoms with van der Waals surface area (Å²) in [5, 5.41) is 12.9. The standard InChI is InChI=1S/C19H23NO3/c1-13(2)14-4-6-16(7-5-14)19(22)20-12-18(21)15-8-10-17(23-3)11-9-15/h4-11,13,18,21H,12H2,1-3H3,(H,20,22). The van der Waals surface area contributed by atoms with E-state index in [9.17, 15) is 9.90 Å². The molecule has 0 aromatic heterocycles. The van der Waals surface area contributed by atoms with Crippen LogP contribution in [-0.2, 0) is 0 Å². The molecule has 0 heterocycles. The molecule has 2 N–H and O–H groups in total. The number of ether oxygens (including phenoxy) is 1. The Balaban J connectivity index is 1.92. The van der Waals surface area contributed by atoms with Gasteiger partial charge in [0.05, 0.1) is 13.2 Å². The second-order valence-electron chi connectivity index (χ2n) is 5.78. The predicted molar refractivity (Wildman–Crippen MR) is 90.8 cm³/mol. The van der Waals surface area contributed by atoms with Crippen LogP contribution in [0.4, 0.5) is 0 Å². The molecule has 0 saturated carbocycles. The molecule has 122 valence electrons. The number of aliphatic hydroxyl groups is 1. The van der Waals surface area contributed by atoms with Gasteiger partial charge in [-0.25, -0.2) is 0 Å². The van der Waals surface area contributed by atoms with Gasteiger partial charge in [-0.2, -0.15) is 0 Å². The van der Waals surface area contributed by atoms with E-state index in [1.165, 1.54) is 5.56 Å². The summed E-state index contributed by atoms with van der Waals surface area (Å²) in [6.07, 6.45) is -0.750. The largest absolute Gasteiger partial charge is 0.497 e. The Kier molecular flexibility index (Phi) is 5.77. The van der Waals surface area contributed by atoms with Crippen LogP contribution in [0.2, 0.25) is 0 Å². The fraction of sp³-hybridized carbons (Fsp3) is 0.316. The zero-order valence-electron chi connectivity index (χ0n) is 13.7. The van der Waals surface area contributed by atoms with Gasteiger partial charge in [-0.15, -0.1) is 0 Å². The van der Waals surface area contributed by atoms with Gasteiger partial charge in [0.1, 0.15) is 5.75 Å². The summed E-state index contributed by atoms with van der Waals surface area (Å²) in [7, 11) is 1.59. The molecule has 1 atom stereocenters. The molecule has 4 heteroatoms. The first-order valence-corrected chi connectivity index (χ1v) is 7.71. The van der Waals surface area contributed by atoms with Crippen molar-refractivity contribution in [2.45, 2.75) is 25.9 Å². The van der Waals surface area contributed by atoms with Crippen LogP contribution in [0.3, 0.4) is 0 Å². The average molecular weight is 313 g/mol. The Morgan fingerprint density at radius 1 is 1.04 bits per heavy atom. The highest BCUT2D eigenvalue weighted by molar-refractivity contribution is 5.94. The van der Waals surface area contributed by atoms with E-state index < -0.39 is 6.10 Å². The maximum atomic E-state index is 12.1. The van der Waals surface area contributed by atoms with E-state index in [0.29, 0.717) is 11.5 Å². The molecule has 1 amide bonds. The van der Waals surface area contributed by atoms with Crippen LogP contribution in [0.1, 0.15) is 47.4 Å². The summed E-state index contributed by atoms with van der Waals surface area (Å²) in [6.45, 7) is 4.39. The van der Waals surface area contributed by atoms with Crippen LogP contribution in [0.15, 0.2) is 48.5 Å². The number of hydrogen-bond donors (Lipinski definition) is 2. The lowest BCUT2D eigenvalue weighted by Crippen LogP contribution is -2.28. The molecule has 2 aromatic carbocycles. The van der Waals surface area contributed by atoms with Crippen molar-refractivity contribution in [3.05, 3.63) is 65.2 Å². The van der Waals surface area contributed by atoms with Crippen molar-refractivity contribution in [1.82, 2.24) is 5.32 Å². The highest BCUT2D eigenvalue weighted by Gasteiger charge is 2.11. The van der Waals surface area contributed by atoms with Gasteiger partial charge in [0.25, 0.3) is 5.91 Å². The lowest BCUT2D eigenvalue weighted by molar-refractivity contribution is 0.0916. The summed E-state index contributed by atoms with van der Waals surface area (Å²) < 4.78 is 5.08. The van der Waals surface area contributed by atoms with Gasteiger partial charge >= 0.3 is 0 Å². The van der Waals surface area contributed by atoms with E-state index in [1.54, 1.807) is 31.4 Å². The fourth-order valence-electron chi connectivity index (χ4n) is 2.25. The SMILES string of the molecule is COc1ccc(C(O)CNC(=O)c2ccc(C(C)C)cc2)cc1. The third-order valence-electron chi connectivity index (χ3n) is 3.80. The van der Waals surface area contributed by atoms with E-state index in [1.807, 2.05) is 24.3 Å². The van der Waals surface area contributed by atoms with Crippen molar-refractivity contribution in [3.63, 3.8) is 0 Å². The topological polar surface area (TPSA) is 58.6 Å². The minimum Gasteiger partial charge on any atom is -0.497 e. The van der Waals surface area contributed by atoms with Crippen molar-refractivity contribution < 1.29 is 14.6 Å². The first-order chi connectivity index (χ1) is 11.0. The normalized spacial score (nSPS) is 12.0. The van der Waals surface area contributed by atoms with E-state index in [0.717, 1.165) is 11.3 Å². The van der Waals surface area contributed by atoms with Gasteiger partial charge in [-0.05, 0) is 41.3 Å². The highest BCUT2D eigenvalue weighted by atomic mass is 16.5. The Labute approximate surface area is 137 Å². The minimum absolute atomic E-state index is 0.164. The number of rotatable bonds is 6. The molecule has 2 aromatic rings. The van der Waals surface area contributed by atoms with Gasteiger partial charge in [0.2, 0.25) is 0 Å². The second-order valence-corrected chi connectivity index (χ2v) is 5.78. The number of methoxy groups -OCH3 is 1. The first kappa shape index (κ1) is 17.0. The molecule has 0 spiro atoms. The zero-order chi connectivity index (χ0) is 16.8. The van der Waals surface area contributed by atoms with E-state index in [4.69, 9.17) is 4.74 Å². The molecule has 0 aliphatic rings. The Bertz CT molecular complexity index is 633. The van der Waals surface area contributed by atoms with Crippen molar-refractivity contribution in [1.29, 1.82) is 0 Å². The zero-order valence-corrected chi connectivity index (χ0v) is 13.7. The van der Waals surface area contributed by atoms with Crippen LogP contribution >= 0.6 is 0 Å². The molecular formula is C19H23NO3. The van der Waals surface area contributed by atoms with Crippen molar-refractivity contribution in [3.8, 4) is 5.75 Å². The smallest absolute Gasteiger partial charge is 0.251 e. The van der Waals surface area contributed by atoms with E-state index >= 15 is 0 Å². The Morgan fingerprint density at radius 2 is 1.61 bits per heavy atom. The van der Waals surface area contributed by atoms with Gasteiger partial charge in [-0.3, -0.25) is 4.79 Å². The molecule has 23 heavy (non-hydrogen) atoms. The molecular weight excluding hydrogens is 290 g/mol. The van der Waals surface area contributed by atoms with E-state index in [-0.39, 0.29) is 12.5 Å². The number of aliphatic hydroxyl groups excluding tert-OH is 1. The number of carbonyl (C=O) groups excluding carboxylic acids is 1. The number of nitrogens with one attached hydrogen (secondary N) is 1. The molecule has 0 aliphatic carbocycles. The maximum Gasteiger partial charge on any atom is 0.251 e. The van der Waals surface area contributed by atoms with Crippen molar-refractivity contribution in [2.75, 3.05) is 13.7 Å². The second kappa shape index (κ2) is 7.79. The van der Waals surface area contributed by atoms with Crippen LogP contribution in [0.5, 0.6) is 5.75 Å². The van der Waals surface area contributed by atoms with E-state index in [2.05, 4.69) is 19.2 Å². The summed E-state index contributed by atoms with van der Waals surface area (Å²) >= 11 is 0. The summed E-state index contributed by atoms with van der Waals surface area (Å²) in [5.41, 5.74) is 2.53. The third kappa shape index (κ3) is 4.57. The van der Waals surface area contributed by atoms with Crippen LogP contribution in [0, 0.1) is 0 Å². The molecule has 0 aliphatic heterocycles. The van der Waals surface area contributed by atoms with Crippen LogP contribution < -0.4 is 10.1 Å². The average Bonchev–Trinajstić information content (AvgIpc) is 2.59. The molecule has 0 fully saturated rings. The lowest BCUT2D eigenvalue weighted by atomic mass is 10.0. The Morgan fingerprint density at radius 3 is 2.13 bits per heavy atom. The number of amides is 1. The molecule has 0 radical (unpaired) electrons. The fourth-order valence-corrected chi connectivity index (χ4v) is 2.25. The number of hydrogen-bond acceptors (Lipinski definition) is 3. The summed E-state index contributed by atoms with van der Waals surface area (Å²) in [6, 6.07) is 14.7. The molecule has 2 rings (SSSR count). The van der Waals surface area contributed by atoms with Crippen LogP contribution in [0.25, 0.3) is 0 Å². The lowest BCUT2D eigenvalue weighted by Gasteiger charge is -2.13. The Hall–Kier alpha value is -2.33. The minimum atomic E-state index is -0.750. The number of carbonyl (C=O) groups is 1. The summed E-state index contributed by atoms with van der Waals surface area (Å²) in [4.78, 5) is 12.1. The first-order valence-electron chi connectivity index (χ1n) is 7.71. The van der Waals surface area contributed by atoms with Crippen molar-refractivity contribution in [2.24, 2.45) is 0 Å². The highest BCUT2D eigenvalue weighted by Crippen LogP contribution is 2.17. The summed E-state index contributed by atoms with van der Waals surface area (Å²) in [5.74, 6) is 0.979. The van der Waals surface area contributed by atoms with Gasteiger partial charge in [-0.1, -0.05) is 38.1 Å². The quantitative estimate of drug-likeness (QED) is 0.860. The van der Waals surface area contributed by atoms with Crippen molar-refractivity contribution >= 4 is 5.91 Å². The monoisotopic (exact) mass is 313 g/mol. The molecule has 0 bridgehead atoms. The number of benzene rings is 2. The van der Waals surface area contributed by atoms with Gasteiger partial charge in [0, 0.05) is 12.1 Å². The van der Waals surface area contributed by atoms with Gasteiger partial charge in [0.15, 0.2) is 0 Å². The predicted octanol–water partition coefficient (Wildman–Crippen LogP) is 3.28. The maximum absolute atomic E-state index is 12.1. The molecule has 0 saturated heterocycles.